The molecule has 1 aliphatic rings. The van der Waals surface area contributed by atoms with E-state index in [4.69, 9.17) is 15.0 Å². The van der Waals surface area contributed by atoms with Gasteiger partial charge in [-0.05, 0) is 18.4 Å². The number of nitrogen functional groups attached to an aromatic ring is 1. The van der Waals surface area contributed by atoms with Gasteiger partial charge in [0.05, 0.1) is 5.56 Å². The summed E-state index contributed by atoms with van der Waals surface area (Å²) in [6.45, 7) is 0.996. The maximum atomic E-state index is 12.0. The number of hydrogen-bond acceptors (Lipinski definition) is 4. The van der Waals surface area contributed by atoms with Gasteiger partial charge in [-0.15, -0.1) is 0 Å². The number of carbonyl (C=O) groups is 1. The Kier molecular flexibility index (Phi) is 4.22. The van der Waals surface area contributed by atoms with Crippen molar-refractivity contribution in [3.8, 4) is 0 Å². The van der Waals surface area contributed by atoms with Crippen LogP contribution >= 0.6 is 0 Å². The van der Waals surface area contributed by atoms with Crippen molar-refractivity contribution in [2.24, 2.45) is 11.8 Å². The molecule has 0 atom stereocenters. The molecule has 0 aliphatic heterocycles. The van der Waals surface area contributed by atoms with E-state index in [0.717, 1.165) is 17.7 Å². The number of nitrogens with one attached hydrogen (secondary N) is 1. The molecule has 0 unspecified atom stereocenters. The first-order valence-corrected chi connectivity index (χ1v) is 7.38. The molecule has 1 saturated carbocycles. The lowest BCUT2D eigenvalue weighted by atomic mass is 9.83. The largest absolute Gasteiger partial charge is 0.458 e. The molecule has 5 nitrogen and oxygen atoms in total. The van der Waals surface area contributed by atoms with Crippen LogP contribution in [0.4, 0.5) is 0 Å². The molecule has 0 saturated heterocycles. The minimum atomic E-state index is -0.349. The highest BCUT2D eigenvalue weighted by molar-refractivity contribution is 6.06. The van der Waals surface area contributed by atoms with Crippen LogP contribution in [-0.4, -0.2) is 12.5 Å². The second-order valence-electron chi connectivity index (χ2n) is 5.51. The SMILES string of the molecule is NNC(=O)c1c(COCCC2CCC2)oc2ccccc12. The van der Waals surface area contributed by atoms with Gasteiger partial charge in [0.2, 0.25) is 0 Å². The summed E-state index contributed by atoms with van der Waals surface area (Å²) < 4.78 is 11.4. The first kappa shape index (κ1) is 14.1. The van der Waals surface area contributed by atoms with Crippen molar-refractivity contribution in [1.82, 2.24) is 5.43 Å². The van der Waals surface area contributed by atoms with E-state index >= 15 is 0 Å². The van der Waals surface area contributed by atoms with E-state index in [0.29, 0.717) is 30.1 Å². The fourth-order valence-electron chi connectivity index (χ4n) is 2.72. The number of hydrazine groups is 1. The van der Waals surface area contributed by atoms with Crippen molar-refractivity contribution in [3.63, 3.8) is 0 Å². The first-order chi connectivity index (χ1) is 10.3. The van der Waals surface area contributed by atoms with Gasteiger partial charge in [-0.3, -0.25) is 10.2 Å². The highest BCUT2D eigenvalue weighted by Gasteiger charge is 2.21. The Morgan fingerprint density at radius 3 is 2.90 bits per heavy atom. The van der Waals surface area contributed by atoms with Crippen molar-refractivity contribution >= 4 is 16.9 Å². The number of para-hydroxylation sites is 1. The van der Waals surface area contributed by atoms with Crippen LogP contribution in [-0.2, 0) is 11.3 Å². The van der Waals surface area contributed by atoms with Crippen LogP contribution in [0.5, 0.6) is 0 Å². The number of furan rings is 1. The molecule has 3 N–H and O–H groups in total. The van der Waals surface area contributed by atoms with Crippen LogP contribution in [0.2, 0.25) is 0 Å². The molecular weight excluding hydrogens is 268 g/mol. The number of ether oxygens (including phenoxy) is 1. The Labute approximate surface area is 123 Å². The summed E-state index contributed by atoms with van der Waals surface area (Å²) in [7, 11) is 0. The van der Waals surface area contributed by atoms with Crippen molar-refractivity contribution in [3.05, 3.63) is 35.6 Å². The molecular formula is C16H20N2O3. The zero-order chi connectivity index (χ0) is 14.7. The average molecular weight is 288 g/mol. The van der Waals surface area contributed by atoms with Gasteiger partial charge in [0.25, 0.3) is 5.91 Å². The summed E-state index contributed by atoms with van der Waals surface area (Å²) in [5, 5.41) is 0.762. The van der Waals surface area contributed by atoms with Crippen LogP contribution < -0.4 is 11.3 Å². The van der Waals surface area contributed by atoms with Crippen LogP contribution in [0.3, 0.4) is 0 Å². The second kappa shape index (κ2) is 6.28. The molecule has 21 heavy (non-hydrogen) atoms. The smallest absolute Gasteiger partial charge is 0.269 e. The standard InChI is InChI=1S/C16H20N2O3/c17-18-16(19)15-12-6-1-2-7-13(12)21-14(15)10-20-9-8-11-4-3-5-11/h1-2,6-7,11H,3-5,8-10,17H2,(H,18,19). The average Bonchev–Trinajstić information content (AvgIpc) is 2.82. The number of rotatable bonds is 6. The monoisotopic (exact) mass is 288 g/mol. The zero-order valence-electron chi connectivity index (χ0n) is 11.9. The molecule has 0 bridgehead atoms. The molecule has 1 fully saturated rings. The summed E-state index contributed by atoms with van der Waals surface area (Å²) in [5.74, 6) is 6.26. The van der Waals surface area contributed by atoms with Crippen LogP contribution in [0.15, 0.2) is 28.7 Å². The van der Waals surface area contributed by atoms with Crippen LogP contribution in [0, 0.1) is 5.92 Å². The van der Waals surface area contributed by atoms with Gasteiger partial charge in [0.15, 0.2) is 0 Å². The third kappa shape index (κ3) is 2.94. The maximum absolute atomic E-state index is 12.0. The number of amides is 1. The second-order valence-corrected chi connectivity index (χ2v) is 5.51. The summed E-state index contributed by atoms with van der Waals surface area (Å²) in [5.41, 5.74) is 3.32. The molecule has 0 radical (unpaired) electrons. The molecule has 5 heteroatoms. The Morgan fingerprint density at radius 1 is 1.38 bits per heavy atom. The zero-order valence-corrected chi connectivity index (χ0v) is 11.9. The summed E-state index contributed by atoms with van der Waals surface area (Å²) >= 11 is 0. The van der Waals surface area contributed by atoms with Gasteiger partial charge in [-0.2, -0.15) is 0 Å². The van der Waals surface area contributed by atoms with E-state index < -0.39 is 0 Å². The van der Waals surface area contributed by atoms with Gasteiger partial charge >= 0.3 is 0 Å². The summed E-state index contributed by atoms with van der Waals surface area (Å²) in [6.07, 6.45) is 5.05. The van der Waals surface area contributed by atoms with E-state index in [-0.39, 0.29) is 5.91 Å². The quantitative estimate of drug-likeness (QED) is 0.371. The predicted molar refractivity (Wildman–Crippen MR) is 79.5 cm³/mol. The molecule has 1 aromatic carbocycles. The van der Waals surface area contributed by atoms with E-state index in [2.05, 4.69) is 5.43 Å². The Bertz CT molecular complexity index is 631. The predicted octanol–water partition coefficient (Wildman–Crippen LogP) is 2.74. The van der Waals surface area contributed by atoms with Gasteiger partial charge in [-0.25, -0.2) is 5.84 Å². The number of nitrogens with two attached hydrogens (primary N) is 1. The first-order valence-electron chi connectivity index (χ1n) is 7.38. The number of carbonyl (C=O) groups excluding carboxylic acids is 1. The molecule has 112 valence electrons. The topological polar surface area (TPSA) is 77.5 Å². The minimum absolute atomic E-state index is 0.296. The lowest BCUT2D eigenvalue weighted by Gasteiger charge is -2.24. The normalized spacial score (nSPS) is 15.1. The molecule has 2 aromatic rings. The highest BCUT2D eigenvalue weighted by Crippen LogP contribution is 2.30. The molecule has 1 heterocycles. The third-order valence-electron chi connectivity index (χ3n) is 4.15. The fraction of sp³-hybridized carbons (Fsp3) is 0.438. The molecule has 1 amide bonds. The van der Waals surface area contributed by atoms with Crippen LogP contribution in [0.1, 0.15) is 41.8 Å². The van der Waals surface area contributed by atoms with Crippen molar-refractivity contribution < 1.29 is 13.9 Å². The highest BCUT2D eigenvalue weighted by atomic mass is 16.5. The number of benzene rings is 1. The minimum Gasteiger partial charge on any atom is -0.458 e. The Hall–Kier alpha value is -1.85. The van der Waals surface area contributed by atoms with Gasteiger partial charge in [0.1, 0.15) is 18.0 Å². The van der Waals surface area contributed by atoms with Gasteiger partial charge < -0.3 is 9.15 Å². The van der Waals surface area contributed by atoms with E-state index in [1.54, 1.807) is 0 Å². The lowest BCUT2D eigenvalue weighted by Crippen LogP contribution is -2.30. The maximum Gasteiger partial charge on any atom is 0.269 e. The molecule has 3 rings (SSSR count). The Morgan fingerprint density at radius 2 is 2.19 bits per heavy atom. The van der Waals surface area contributed by atoms with Crippen molar-refractivity contribution in [2.45, 2.75) is 32.3 Å². The van der Waals surface area contributed by atoms with Gasteiger partial charge in [0, 0.05) is 12.0 Å². The van der Waals surface area contributed by atoms with Crippen molar-refractivity contribution in [1.29, 1.82) is 0 Å². The van der Waals surface area contributed by atoms with Gasteiger partial charge in [-0.1, -0.05) is 37.5 Å². The number of hydrogen-bond donors (Lipinski definition) is 2. The molecule has 1 aliphatic carbocycles. The number of fused-ring (bicyclic) bond motifs is 1. The summed E-state index contributed by atoms with van der Waals surface area (Å²) in [6, 6.07) is 7.42. The third-order valence-corrected chi connectivity index (χ3v) is 4.15. The van der Waals surface area contributed by atoms with E-state index in [9.17, 15) is 4.79 Å². The Balaban J connectivity index is 1.71. The fourth-order valence-corrected chi connectivity index (χ4v) is 2.72. The van der Waals surface area contributed by atoms with Crippen molar-refractivity contribution in [2.75, 3.05) is 6.61 Å². The van der Waals surface area contributed by atoms with E-state index in [1.165, 1.54) is 19.3 Å². The molecule has 0 spiro atoms. The molecule has 1 aromatic heterocycles. The summed E-state index contributed by atoms with van der Waals surface area (Å²) in [4.78, 5) is 12.0. The van der Waals surface area contributed by atoms with Crippen LogP contribution in [0.25, 0.3) is 11.0 Å². The lowest BCUT2D eigenvalue weighted by molar-refractivity contribution is 0.0815. The van der Waals surface area contributed by atoms with E-state index in [1.807, 2.05) is 24.3 Å².